The molecule has 0 radical (unpaired) electrons. The molecule has 0 unspecified atom stereocenters. The molecular formula is C17H16N4O3S2. The summed E-state index contributed by atoms with van der Waals surface area (Å²) in [6.07, 6.45) is 2.74. The zero-order valence-corrected chi connectivity index (χ0v) is 15.7. The number of aryl methyl sites for hydroxylation is 1. The highest BCUT2D eigenvalue weighted by Gasteiger charge is 2.12. The number of benzene rings is 2. The highest BCUT2D eigenvalue weighted by Crippen LogP contribution is 2.26. The zero-order valence-electron chi connectivity index (χ0n) is 14.1. The summed E-state index contributed by atoms with van der Waals surface area (Å²) in [4.78, 5) is 13.4. The van der Waals surface area contributed by atoms with Gasteiger partial charge in [0, 0.05) is 29.4 Å². The van der Waals surface area contributed by atoms with Crippen LogP contribution in [-0.2, 0) is 16.9 Å². The molecule has 3 rings (SSSR count). The summed E-state index contributed by atoms with van der Waals surface area (Å²) in [5.74, 6) is -0.371. The van der Waals surface area contributed by atoms with Crippen LogP contribution >= 0.6 is 11.8 Å². The lowest BCUT2D eigenvalue weighted by molar-refractivity contribution is 0.102. The maximum atomic E-state index is 12.3. The molecule has 1 heterocycles. The monoisotopic (exact) mass is 388 g/mol. The van der Waals surface area contributed by atoms with E-state index < -0.39 is 9.84 Å². The van der Waals surface area contributed by atoms with Crippen molar-refractivity contribution in [2.75, 3.05) is 11.6 Å². The predicted molar refractivity (Wildman–Crippen MR) is 99.1 cm³/mol. The van der Waals surface area contributed by atoms with Crippen molar-refractivity contribution in [3.05, 3.63) is 60.4 Å². The molecule has 1 N–H and O–H groups in total. The molecule has 2 aromatic carbocycles. The zero-order chi connectivity index (χ0) is 18.7. The normalized spacial score (nSPS) is 11.3. The van der Waals surface area contributed by atoms with Crippen LogP contribution in [0.2, 0.25) is 0 Å². The average Bonchev–Trinajstić information content (AvgIpc) is 3.01. The summed E-state index contributed by atoms with van der Waals surface area (Å²) < 4.78 is 25.0. The van der Waals surface area contributed by atoms with Crippen LogP contribution in [0.1, 0.15) is 10.4 Å². The molecular weight excluding hydrogens is 372 g/mol. The molecule has 9 heteroatoms. The Balaban J connectivity index is 1.71. The molecule has 1 amide bonds. The largest absolute Gasteiger partial charge is 0.322 e. The number of hydrogen-bond donors (Lipinski definition) is 1. The van der Waals surface area contributed by atoms with Gasteiger partial charge in [0.15, 0.2) is 15.0 Å². The standard InChI is InChI=1S/C17H16N4O3S2/c1-21-11-18-20-17(21)25-14-8-6-13(7-9-14)19-16(22)12-4-3-5-15(10-12)26(2,23)24/h3-11H,1-2H3,(H,19,22). The van der Waals surface area contributed by atoms with Crippen molar-refractivity contribution in [1.29, 1.82) is 0 Å². The molecule has 0 aliphatic carbocycles. The number of sulfone groups is 1. The Morgan fingerprint density at radius 1 is 1.15 bits per heavy atom. The molecule has 0 saturated heterocycles. The van der Waals surface area contributed by atoms with Crippen molar-refractivity contribution >= 4 is 33.2 Å². The second-order valence-electron chi connectivity index (χ2n) is 5.60. The lowest BCUT2D eigenvalue weighted by atomic mass is 10.2. The predicted octanol–water partition coefficient (Wildman–Crippen LogP) is 2.62. The van der Waals surface area contributed by atoms with E-state index in [1.54, 1.807) is 30.6 Å². The van der Waals surface area contributed by atoms with E-state index >= 15 is 0 Å². The van der Waals surface area contributed by atoms with Crippen molar-refractivity contribution in [1.82, 2.24) is 14.8 Å². The summed E-state index contributed by atoms with van der Waals surface area (Å²) in [5.41, 5.74) is 0.896. The van der Waals surface area contributed by atoms with E-state index in [0.717, 1.165) is 16.3 Å². The van der Waals surface area contributed by atoms with E-state index in [1.807, 2.05) is 23.7 Å². The maximum absolute atomic E-state index is 12.3. The quantitative estimate of drug-likeness (QED) is 0.722. The fourth-order valence-electron chi connectivity index (χ4n) is 2.15. The topological polar surface area (TPSA) is 93.9 Å². The number of rotatable bonds is 5. The molecule has 26 heavy (non-hydrogen) atoms. The van der Waals surface area contributed by atoms with E-state index in [1.165, 1.54) is 23.9 Å². The van der Waals surface area contributed by atoms with Crippen molar-refractivity contribution in [3.8, 4) is 0 Å². The van der Waals surface area contributed by atoms with Crippen LogP contribution in [0, 0.1) is 0 Å². The van der Waals surface area contributed by atoms with Gasteiger partial charge in [-0.2, -0.15) is 0 Å². The van der Waals surface area contributed by atoms with Crippen LogP contribution < -0.4 is 5.32 Å². The fraction of sp³-hybridized carbons (Fsp3) is 0.118. The Hall–Kier alpha value is -2.65. The second-order valence-corrected chi connectivity index (χ2v) is 8.66. The first-order valence-electron chi connectivity index (χ1n) is 7.56. The third kappa shape index (κ3) is 4.30. The molecule has 134 valence electrons. The summed E-state index contributed by atoms with van der Waals surface area (Å²) in [7, 11) is -1.50. The Kier molecular flexibility index (Phi) is 5.10. The number of hydrogen-bond acceptors (Lipinski definition) is 6. The Morgan fingerprint density at radius 3 is 2.50 bits per heavy atom. The van der Waals surface area contributed by atoms with Crippen LogP contribution in [0.15, 0.2) is 69.8 Å². The van der Waals surface area contributed by atoms with E-state index in [-0.39, 0.29) is 16.4 Å². The lowest BCUT2D eigenvalue weighted by Gasteiger charge is -2.07. The summed E-state index contributed by atoms with van der Waals surface area (Å²) >= 11 is 1.46. The van der Waals surface area contributed by atoms with E-state index in [4.69, 9.17) is 0 Å². The SMILES string of the molecule is Cn1cnnc1Sc1ccc(NC(=O)c2cccc(S(C)(=O)=O)c2)cc1. The van der Waals surface area contributed by atoms with Gasteiger partial charge in [-0.15, -0.1) is 10.2 Å². The molecule has 0 spiro atoms. The minimum atomic E-state index is -3.36. The van der Waals surface area contributed by atoms with Crippen LogP contribution in [-0.4, -0.2) is 35.3 Å². The molecule has 0 aliphatic heterocycles. The lowest BCUT2D eigenvalue weighted by Crippen LogP contribution is -2.12. The highest BCUT2D eigenvalue weighted by atomic mass is 32.2. The van der Waals surface area contributed by atoms with E-state index in [2.05, 4.69) is 15.5 Å². The molecule has 7 nitrogen and oxygen atoms in total. The minimum Gasteiger partial charge on any atom is -0.322 e. The number of amides is 1. The molecule has 0 bridgehead atoms. The smallest absolute Gasteiger partial charge is 0.255 e. The van der Waals surface area contributed by atoms with Gasteiger partial charge in [-0.25, -0.2) is 8.42 Å². The van der Waals surface area contributed by atoms with Gasteiger partial charge in [0.25, 0.3) is 5.91 Å². The molecule has 0 saturated carbocycles. The highest BCUT2D eigenvalue weighted by molar-refractivity contribution is 7.99. The van der Waals surface area contributed by atoms with Gasteiger partial charge in [0.05, 0.1) is 4.90 Å². The molecule has 0 fully saturated rings. The Morgan fingerprint density at radius 2 is 1.88 bits per heavy atom. The summed E-state index contributed by atoms with van der Waals surface area (Å²) in [6, 6.07) is 13.2. The summed E-state index contributed by atoms with van der Waals surface area (Å²) in [6.45, 7) is 0. The number of carbonyl (C=O) groups is 1. The van der Waals surface area contributed by atoms with Gasteiger partial charge in [-0.1, -0.05) is 6.07 Å². The number of nitrogens with zero attached hydrogens (tertiary/aromatic N) is 3. The van der Waals surface area contributed by atoms with E-state index in [9.17, 15) is 13.2 Å². The molecule has 0 aliphatic rings. The maximum Gasteiger partial charge on any atom is 0.255 e. The van der Waals surface area contributed by atoms with Crippen LogP contribution in [0.4, 0.5) is 5.69 Å². The molecule has 1 aromatic heterocycles. The van der Waals surface area contributed by atoms with Crippen molar-refractivity contribution in [2.24, 2.45) is 7.05 Å². The first-order chi connectivity index (χ1) is 12.3. The average molecular weight is 388 g/mol. The Labute approximate surface area is 155 Å². The summed E-state index contributed by atoms with van der Waals surface area (Å²) in [5, 5.41) is 11.4. The number of nitrogens with one attached hydrogen (secondary N) is 1. The van der Waals surface area contributed by atoms with E-state index in [0.29, 0.717) is 5.69 Å². The second kappa shape index (κ2) is 7.30. The number of aromatic nitrogens is 3. The first-order valence-corrected chi connectivity index (χ1v) is 10.3. The van der Waals surface area contributed by atoms with Crippen LogP contribution in [0.3, 0.4) is 0 Å². The van der Waals surface area contributed by atoms with Gasteiger partial charge < -0.3 is 9.88 Å². The van der Waals surface area contributed by atoms with Crippen molar-refractivity contribution in [2.45, 2.75) is 14.9 Å². The third-order valence-electron chi connectivity index (χ3n) is 3.52. The fourth-order valence-corrected chi connectivity index (χ4v) is 3.58. The van der Waals surface area contributed by atoms with Crippen LogP contribution in [0.5, 0.6) is 0 Å². The minimum absolute atomic E-state index is 0.112. The first kappa shape index (κ1) is 18.2. The van der Waals surface area contributed by atoms with Gasteiger partial charge in [-0.3, -0.25) is 4.79 Å². The van der Waals surface area contributed by atoms with Crippen molar-refractivity contribution < 1.29 is 13.2 Å². The van der Waals surface area contributed by atoms with Gasteiger partial charge in [0.1, 0.15) is 6.33 Å². The van der Waals surface area contributed by atoms with Crippen LogP contribution in [0.25, 0.3) is 0 Å². The third-order valence-corrected chi connectivity index (χ3v) is 5.69. The number of carbonyl (C=O) groups excluding carboxylic acids is 1. The van der Waals surface area contributed by atoms with Gasteiger partial charge in [-0.05, 0) is 54.2 Å². The van der Waals surface area contributed by atoms with Gasteiger partial charge in [0.2, 0.25) is 0 Å². The Bertz CT molecular complexity index is 1040. The number of anilines is 1. The molecule has 3 aromatic rings. The van der Waals surface area contributed by atoms with Gasteiger partial charge >= 0.3 is 0 Å². The van der Waals surface area contributed by atoms with Crippen molar-refractivity contribution in [3.63, 3.8) is 0 Å². The molecule has 0 atom stereocenters.